The van der Waals surface area contributed by atoms with Gasteiger partial charge in [-0.15, -0.1) is 0 Å². The van der Waals surface area contributed by atoms with E-state index in [1.807, 2.05) is 6.92 Å². The van der Waals surface area contributed by atoms with Crippen LogP contribution in [0.3, 0.4) is 0 Å². The number of likely N-dealkylation sites (N-methyl/N-ethyl adjacent to an activating group) is 2. The van der Waals surface area contributed by atoms with E-state index in [-0.39, 0.29) is 30.0 Å². The molecule has 0 radical (unpaired) electrons. The Kier molecular flexibility index (Phi) is 8.92. The predicted molar refractivity (Wildman–Crippen MR) is 118 cm³/mol. The van der Waals surface area contributed by atoms with E-state index >= 15 is 0 Å². The highest BCUT2D eigenvalue weighted by molar-refractivity contribution is 5.99. The topological polar surface area (TPSA) is 83.1 Å². The fraction of sp³-hybridized carbons (Fsp3) is 0.636. The number of fused-ring (bicyclic) bond motifs is 1. The smallest absolute Gasteiger partial charge is 0.319 e. The van der Waals surface area contributed by atoms with Crippen molar-refractivity contribution in [1.29, 1.82) is 0 Å². The Morgan fingerprint density at radius 1 is 1.27 bits per heavy atom. The number of benzene rings is 1. The van der Waals surface area contributed by atoms with E-state index in [0.29, 0.717) is 36.7 Å². The summed E-state index contributed by atoms with van der Waals surface area (Å²) in [5, 5.41) is 5.55. The summed E-state index contributed by atoms with van der Waals surface area (Å²) in [7, 11) is 5.51. The molecular weight excluding hydrogens is 384 g/mol. The average Bonchev–Trinajstić information content (AvgIpc) is 2.73. The van der Waals surface area contributed by atoms with Crippen molar-refractivity contribution in [2.45, 2.75) is 39.3 Å². The van der Waals surface area contributed by atoms with E-state index in [2.05, 4.69) is 36.4 Å². The average molecular weight is 421 g/mol. The summed E-state index contributed by atoms with van der Waals surface area (Å²) < 4.78 is 11.7. The van der Waals surface area contributed by atoms with Gasteiger partial charge < -0.3 is 25.0 Å². The van der Waals surface area contributed by atoms with Crippen LogP contribution in [0.1, 0.15) is 37.6 Å². The fourth-order valence-electron chi connectivity index (χ4n) is 3.45. The summed E-state index contributed by atoms with van der Waals surface area (Å²) >= 11 is 0. The van der Waals surface area contributed by atoms with Crippen LogP contribution in [0.15, 0.2) is 18.2 Å². The number of nitrogens with zero attached hydrogens (tertiary/aromatic N) is 2. The Hall–Kier alpha value is -2.32. The van der Waals surface area contributed by atoms with Gasteiger partial charge in [-0.25, -0.2) is 4.79 Å². The first kappa shape index (κ1) is 24.0. The lowest BCUT2D eigenvalue weighted by atomic mass is 10.0. The molecule has 1 aliphatic heterocycles. The van der Waals surface area contributed by atoms with E-state index in [1.54, 1.807) is 37.3 Å². The lowest BCUT2D eigenvalue weighted by Crippen LogP contribution is -2.45. The Labute approximate surface area is 179 Å². The molecule has 0 saturated carbocycles. The van der Waals surface area contributed by atoms with E-state index in [9.17, 15) is 9.59 Å². The SMILES string of the molecule is CCCNC(=O)Nc1ccc2c(c1)C(=O)N(C)C[C@H](OC)[C@@H](C)CN(C)[C@H](C)CO2. The Bertz CT molecular complexity index is 727. The van der Waals surface area contributed by atoms with Gasteiger partial charge in [-0.2, -0.15) is 0 Å². The summed E-state index contributed by atoms with van der Waals surface area (Å²) in [6, 6.07) is 5.03. The van der Waals surface area contributed by atoms with Crippen LogP contribution in [0.2, 0.25) is 0 Å². The molecule has 0 fully saturated rings. The van der Waals surface area contributed by atoms with Crippen molar-refractivity contribution in [3.8, 4) is 5.75 Å². The van der Waals surface area contributed by atoms with Crippen molar-refractivity contribution >= 4 is 17.6 Å². The van der Waals surface area contributed by atoms with Crippen LogP contribution in [-0.2, 0) is 4.74 Å². The second-order valence-electron chi connectivity index (χ2n) is 8.13. The Morgan fingerprint density at radius 2 is 2.00 bits per heavy atom. The number of hydrogen-bond donors (Lipinski definition) is 2. The number of ether oxygens (including phenoxy) is 2. The number of urea groups is 1. The van der Waals surface area contributed by atoms with Gasteiger partial charge in [-0.05, 0) is 44.5 Å². The van der Waals surface area contributed by atoms with Crippen molar-refractivity contribution in [2.75, 3.05) is 52.8 Å². The van der Waals surface area contributed by atoms with Gasteiger partial charge in [-0.3, -0.25) is 9.69 Å². The zero-order chi connectivity index (χ0) is 22.3. The molecule has 8 nitrogen and oxygen atoms in total. The highest BCUT2D eigenvalue weighted by Gasteiger charge is 2.27. The second kappa shape index (κ2) is 11.2. The third-order valence-electron chi connectivity index (χ3n) is 5.55. The zero-order valence-electron chi connectivity index (χ0n) is 19.0. The quantitative estimate of drug-likeness (QED) is 0.783. The van der Waals surface area contributed by atoms with Crippen LogP contribution >= 0.6 is 0 Å². The lowest BCUT2D eigenvalue weighted by Gasteiger charge is -2.34. The monoisotopic (exact) mass is 420 g/mol. The largest absolute Gasteiger partial charge is 0.491 e. The molecule has 1 aromatic carbocycles. The maximum atomic E-state index is 13.2. The molecule has 168 valence electrons. The molecule has 1 aromatic rings. The van der Waals surface area contributed by atoms with Crippen LogP contribution in [0, 0.1) is 5.92 Å². The molecule has 0 aliphatic carbocycles. The fourth-order valence-corrected chi connectivity index (χ4v) is 3.45. The minimum absolute atomic E-state index is 0.0847. The second-order valence-corrected chi connectivity index (χ2v) is 8.13. The van der Waals surface area contributed by atoms with Crippen molar-refractivity contribution in [2.24, 2.45) is 5.92 Å². The van der Waals surface area contributed by atoms with Gasteiger partial charge in [0.15, 0.2) is 0 Å². The number of methoxy groups -OCH3 is 1. The number of rotatable bonds is 4. The van der Waals surface area contributed by atoms with Crippen LogP contribution in [0.5, 0.6) is 5.75 Å². The highest BCUT2D eigenvalue weighted by Crippen LogP contribution is 2.26. The lowest BCUT2D eigenvalue weighted by molar-refractivity contribution is 0.0150. The summed E-state index contributed by atoms with van der Waals surface area (Å²) in [5.74, 6) is 0.583. The number of carbonyl (C=O) groups excluding carboxylic acids is 2. The first-order valence-electron chi connectivity index (χ1n) is 10.6. The van der Waals surface area contributed by atoms with Crippen molar-refractivity contribution in [3.63, 3.8) is 0 Å². The summed E-state index contributed by atoms with van der Waals surface area (Å²) in [5.41, 5.74) is 0.963. The summed E-state index contributed by atoms with van der Waals surface area (Å²) in [4.78, 5) is 29.1. The van der Waals surface area contributed by atoms with E-state index in [0.717, 1.165) is 13.0 Å². The molecule has 8 heteroatoms. The van der Waals surface area contributed by atoms with Crippen LogP contribution in [-0.4, -0.2) is 81.3 Å². The third kappa shape index (κ3) is 6.34. The van der Waals surface area contributed by atoms with Gasteiger partial charge in [0.1, 0.15) is 12.4 Å². The van der Waals surface area contributed by atoms with Crippen molar-refractivity contribution in [1.82, 2.24) is 15.1 Å². The summed E-state index contributed by atoms with van der Waals surface area (Å²) in [6.07, 6.45) is 0.763. The number of nitrogens with one attached hydrogen (secondary N) is 2. The molecule has 0 aromatic heterocycles. The first-order chi connectivity index (χ1) is 14.3. The minimum atomic E-state index is -0.296. The number of amides is 3. The van der Waals surface area contributed by atoms with Gasteiger partial charge in [0.2, 0.25) is 0 Å². The highest BCUT2D eigenvalue weighted by atomic mass is 16.5. The molecule has 0 saturated heterocycles. The normalized spacial score (nSPS) is 23.6. The number of anilines is 1. The Balaban J connectivity index is 2.33. The van der Waals surface area contributed by atoms with Gasteiger partial charge in [0.25, 0.3) is 5.91 Å². The molecule has 3 amide bonds. The molecule has 2 rings (SSSR count). The first-order valence-corrected chi connectivity index (χ1v) is 10.6. The molecule has 0 unspecified atom stereocenters. The molecule has 1 heterocycles. The molecular formula is C22H36N4O4. The van der Waals surface area contributed by atoms with Crippen LogP contribution in [0.25, 0.3) is 0 Å². The van der Waals surface area contributed by atoms with Crippen LogP contribution < -0.4 is 15.4 Å². The van der Waals surface area contributed by atoms with Gasteiger partial charge >= 0.3 is 6.03 Å². The molecule has 30 heavy (non-hydrogen) atoms. The van der Waals surface area contributed by atoms with E-state index in [4.69, 9.17) is 9.47 Å². The molecule has 2 N–H and O–H groups in total. The van der Waals surface area contributed by atoms with Gasteiger partial charge in [0, 0.05) is 45.5 Å². The van der Waals surface area contributed by atoms with Gasteiger partial charge in [-0.1, -0.05) is 13.8 Å². The minimum Gasteiger partial charge on any atom is -0.491 e. The standard InChI is InChI=1S/C22H36N4O4/c1-7-10-23-22(28)24-17-8-9-19-18(11-17)21(27)26(5)13-20(29-6)15(2)12-25(4)16(3)14-30-19/h8-9,11,15-16,20H,7,10,12-14H2,1-6H3,(H2,23,24,28)/t15-,16+,20-/m0/s1. The predicted octanol–water partition coefficient (Wildman–Crippen LogP) is 2.65. The van der Waals surface area contributed by atoms with Gasteiger partial charge in [0.05, 0.1) is 11.7 Å². The summed E-state index contributed by atoms with van der Waals surface area (Å²) in [6.45, 7) is 8.56. The third-order valence-corrected chi connectivity index (χ3v) is 5.55. The van der Waals surface area contributed by atoms with Crippen molar-refractivity contribution < 1.29 is 19.1 Å². The maximum Gasteiger partial charge on any atom is 0.319 e. The van der Waals surface area contributed by atoms with Crippen molar-refractivity contribution in [3.05, 3.63) is 23.8 Å². The molecule has 1 aliphatic rings. The maximum absolute atomic E-state index is 13.2. The van der Waals surface area contributed by atoms with E-state index in [1.165, 1.54) is 0 Å². The Morgan fingerprint density at radius 3 is 2.67 bits per heavy atom. The molecule has 0 spiro atoms. The number of carbonyl (C=O) groups is 2. The number of hydrogen-bond acceptors (Lipinski definition) is 5. The molecule has 0 bridgehead atoms. The van der Waals surface area contributed by atoms with Crippen LogP contribution in [0.4, 0.5) is 10.5 Å². The molecule has 3 atom stereocenters. The van der Waals surface area contributed by atoms with E-state index < -0.39 is 0 Å². The zero-order valence-corrected chi connectivity index (χ0v) is 19.0.